The summed E-state index contributed by atoms with van der Waals surface area (Å²) in [7, 11) is 0. The number of nitrogens with one attached hydrogen (secondary N) is 1. The van der Waals surface area contributed by atoms with Gasteiger partial charge in [0.15, 0.2) is 0 Å². The third-order valence-electron chi connectivity index (χ3n) is 5.78. The molecule has 0 radical (unpaired) electrons. The molecule has 2 bridgehead atoms. The number of anilines is 1. The first-order chi connectivity index (χ1) is 11.7. The zero-order valence-corrected chi connectivity index (χ0v) is 14.0. The van der Waals surface area contributed by atoms with Crippen LogP contribution in [-0.4, -0.2) is 47.7 Å². The monoisotopic (exact) mass is 322 g/mol. The van der Waals surface area contributed by atoms with Gasteiger partial charge in [-0.05, 0) is 44.3 Å². The average molecular weight is 322 g/mol. The predicted molar refractivity (Wildman–Crippen MR) is 95.4 cm³/mol. The minimum Gasteiger partial charge on any atom is -0.455 e. The Balaban J connectivity index is 1.38. The SMILES string of the molecule is Cc1nc(NC2=NC[C@@]3(CN4CCC3CC4)O2)cc2ccccc12. The van der Waals surface area contributed by atoms with Crippen molar-refractivity contribution in [2.75, 3.05) is 31.5 Å². The summed E-state index contributed by atoms with van der Waals surface area (Å²) in [5, 5.41) is 5.67. The summed E-state index contributed by atoms with van der Waals surface area (Å²) in [6, 6.07) is 11.0. The highest BCUT2D eigenvalue weighted by Gasteiger charge is 2.51. The second-order valence-corrected chi connectivity index (χ2v) is 7.28. The van der Waals surface area contributed by atoms with Gasteiger partial charge in [-0.15, -0.1) is 0 Å². The lowest BCUT2D eigenvalue weighted by atomic mass is 9.75. The van der Waals surface area contributed by atoms with E-state index < -0.39 is 0 Å². The third-order valence-corrected chi connectivity index (χ3v) is 5.78. The standard InChI is InChI=1S/C19H22N4O/c1-13-16-5-3-2-4-14(16)10-17(21-13)22-18-20-11-19(24-18)12-23-8-6-15(19)7-9-23/h2-5,10,15H,6-9,11-12H2,1H3,(H,20,21,22)/t19-/m0/s1. The smallest absolute Gasteiger partial charge is 0.291 e. The Kier molecular flexibility index (Phi) is 3.07. The number of hydrogen-bond acceptors (Lipinski definition) is 5. The maximum absolute atomic E-state index is 6.34. The van der Waals surface area contributed by atoms with Gasteiger partial charge < -0.3 is 4.74 Å². The molecule has 4 aliphatic rings. The Labute approximate surface area is 141 Å². The van der Waals surface area contributed by atoms with Gasteiger partial charge in [-0.3, -0.25) is 10.2 Å². The second-order valence-electron chi connectivity index (χ2n) is 7.28. The highest BCUT2D eigenvalue weighted by atomic mass is 16.5. The van der Waals surface area contributed by atoms with Crippen LogP contribution in [0.1, 0.15) is 18.5 Å². The van der Waals surface area contributed by atoms with Gasteiger partial charge in [-0.2, -0.15) is 0 Å². The van der Waals surface area contributed by atoms with Crippen LogP contribution in [-0.2, 0) is 4.74 Å². The molecule has 1 atom stereocenters. The number of benzene rings is 1. The van der Waals surface area contributed by atoms with Crippen molar-refractivity contribution in [1.82, 2.24) is 9.88 Å². The van der Waals surface area contributed by atoms with Crippen LogP contribution < -0.4 is 5.32 Å². The number of nitrogens with zero attached hydrogens (tertiary/aromatic N) is 3. The van der Waals surface area contributed by atoms with E-state index in [0.717, 1.165) is 24.6 Å². The summed E-state index contributed by atoms with van der Waals surface area (Å²) in [6.07, 6.45) is 2.46. The van der Waals surface area contributed by atoms with Crippen LogP contribution in [0.15, 0.2) is 35.3 Å². The zero-order chi connectivity index (χ0) is 16.1. The normalized spacial score (nSPS) is 31.3. The van der Waals surface area contributed by atoms with E-state index >= 15 is 0 Å². The van der Waals surface area contributed by atoms with Crippen molar-refractivity contribution in [3.63, 3.8) is 0 Å². The quantitative estimate of drug-likeness (QED) is 0.877. The third kappa shape index (κ3) is 2.18. The summed E-state index contributed by atoms with van der Waals surface area (Å²) in [5.41, 5.74) is 0.914. The number of hydrogen-bond donors (Lipinski definition) is 1. The summed E-state index contributed by atoms with van der Waals surface area (Å²) in [6.45, 7) is 6.24. The molecule has 1 aromatic heterocycles. The number of aromatic nitrogens is 1. The van der Waals surface area contributed by atoms with E-state index in [2.05, 4.69) is 44.5 Å². The first kappa shape index (κ1) is 14.2. The van der Waals surface area contributed by atoms with Gasteiger partial charge in [0.2, 0.25) is 0 Å². The van der Waals surface area contributed by atoms with Gasteiger partial charge in [0.1, 0.15) is 11.4 Å². The van der Waals surface area contributed by atoms with Crippen molar-refractivity contribution in [1.29, 1.82) is 0 Å². The molecule has 5 nitrogen and oxygen atoms in total. The fourth-order valence-corrected chi connectivity index (χ4v) is 4.49. The van der Waals surface area contributed by atoms with E-state index in [0.29, 0.717) is 11.9 Å². The minimum absolute atomic E-state index is 0.106. The van der Waals surface area contributed by atoms with Crippen molar-refractivity contribution >= 4 is 22.6 Å². The molecule has 1 spiro atoms. The number of aliphatic imine (C=N–C) groups is 1. The van der Waals surface area contributed by atoms with Crippen molar-refractivity contribution in [2.24, 2.45) is 10.9 Å². The molecule has 4 aliphatic heterocycles. The molecule has 2 aromatic rings. The highest BCUT2D eigenvalue weighted by Crippen LogP contribution is 2.40. The van der Waals surface area contributed by atoms with Crippen LogP contribution in [0, 0.1) is 12.8 Å². The van der Waals surface area contributed by atoms with E-state index in [-0.39, 0.29) is 5.60 Å². The number of ether oxygens (including phenoxy) is 1. The number of piperidine rings is 3. The van der Waals surface area contributed by atoms with E-state index in [1.807, 2.05) is 13.0 Å². The van der Waals surface area contributed by atoms with Crippen molar-refractivity contribution in [3.8, 4) is 0 Å². The molecule has 6 rings (SSSR count). The fourth-order valence-electron chi connectivity index (χ4n) is 4.49. The lowest BCUT2D eigenvalue weighted by molar-refractivity contribution is -0.0829. The maximum atomic E-state index is 6.34. The van der Waals surface area contributed by atoms with Crippen LogP contribution in [0.4, 0.5) is 5.82 Å². The Morgan fingerprint density at radius 1 is 1.25 bits per heavy atom. The molecule has 5 heteroatoms. The molecule has 0 saturated carbocycles. The van der Waals surface area contributed by atoms with Crippen LogP contribution in [0.3, 0.4) is 0 Å². The molecule has 124 valence electrons. The van der Waals surface area contributed by atoms with Crippen LogP contribution >= 0.6 is 0 Å². The Hall–Kier alpha value is -2.14. The van der Waals surface area contributed by atoms with Crippen LogP contribution in [0.2, 0.25) is 0 Å². The van der Waals surface area contributed by atoms with E-state index in [1.165, 1.54) is 36.7 Å². The van der Waals surface area contributed by atoms with Crippen LogP contribution in [0.25, 0.3) is 10.8 Å². The molecular weight excluding hydrogens is 300 g/mol. The summed E-state index contributed by atoms with van der Waals surface area (Å²) >= 11 is 0. The molecular formula is C19H22N4O. The number of amidine groups is 1. The van der Waals surface area contributed by atoms with Crippen molar-refractivity contribution < 1.29 is 4.74 Å². The summed E-state index contributed by atoms with van der Waals surface area (Å²) in [4.78, 5) is 11.8. The lowest BCUT2D eigenvalue weighted by Gasteiger charge is -2.50. The molecule has 3 fully saturated rings. The Morgan fingerprint density at radius 2 is 2.08 bits per heavy atom. The average Bonchev–Trinajstić information content (AvgIpc) is 2.98. The van der Waals surface area contributed by atoms with Gasteiger partial charge in [0.25, 0.3) is 6.02 Å². The Bertz CT molecular complexity index is 825. The molecule has 24 heavy (non-hydrogen) atoms. The van der Waals surface area contributed by atoms with Gasteiger partial charge >= 0.3 is 0 Å². The first-order valence-electron chi connectivity index (χ1n) is 8.81. The molecule has 1 N–H and O–H groups in total. The number of rotatable bonds is 1. The van der Waals surface area contributed by atoms with Crippen molar-refractivity contribution in [3.05, 3.63) is 36.0 Å². The lowest BCUT2D eigenvalue weighted by Crippen LogP contribution is -2.61. The van der Waals surface area contributed by atoms with Crippen LogP contribution in [0.5, 0.6) is 0 Å². The number of fused-ring (bicyclic) bond motifs is 3. The van der Waals surface area contributed by atoms with Gasteiger partial charge in [0, 0.05) is 23.5 Å². The molecule has 0 amide bonds. The molecule has 0 unspecified atom stereocenters. The van der Waals surface area contributed by atoms with Crippen molar-refractivity contribution in [2.45, 2.75) is 25.4 Å². The molecule has 3 saturated heterocycles. The molecule has 0 aliphatic carbocycles. The number of pyridine rings is 1. The van der Waals surface area contributed by atoms with Gasteiger partial charge in [-0.1, -0.05) is 24.3 Å². The molecule has 5 heterocycles. The Morgan fingerprint density at radius 3 is 2.88 bits per heavy atom. The maximum Gasteiger partial charge on any atom is 0.291 e. The first-order valence-corrected chi connectivity index (χ1v) is 8.81. The summed E-state index contributed by atoms with van der Waals surface area (Å²) < 4.78 is 6.34. The fraction of sp³-hybridized carbons (Fsp3) is 0.474. The minimum atomic E-state index is -0.106. The van der Waals surface area contributed by atoms with E-state index in [4.69, 9.17) is 4.74 Å². The van der Waals surface area contributed by atoms with E-state index in [9.17, 15) is 0 Å². The largest absolute Gasteiger partial charge is 0.455 e. The predicted octanol–water partition coefficient (Wildman–Crippen LogP) is 2.81. The second kappa shape index (κ2) is 5.18. The van der Waals surface area contributed by atoms with E-state index in [1.54, 1.807) is 0 Å². The van der Waals surface area contributed by atoms with Gasteiger partial charge in [0.05, 0.1) is 6.54 Å². The highest BCUT2D eigenvalue weighted by molar-refractivity contribution is 5.93. The summed E-state index contributed by atoms with van der Waals surface area (Å²) in [5.74, 6) is 1.44. The zero-order valence-electron chi connectivity index (χ0n) is 14.0. The number of aryl methyl sites for hydroxylation is 1. The topological polar surface area (TPSA) is 49.8 Å². The molecule has 1 aromatic carbocycles. The van der Waals surface area contributed by atoms with Gasteiger partial charge in [-0.25, -0.2) is 9.98 Å².